The van der Waals surface area contributed by atoms with Crippen molar-refractivity contribution in [3.05, 3.63) is 30.6 Å². The molecule has 1 heterocycles. The maximum absolute atomic E-state index is 4.15. The molecule has 0 amide bonds. The highest BCUT2D eigenvalue weighted by Gasteiger charge is 2.11. The van der Waals surface area contributed by atoms with Crippen molar-refractivity contribution in [2.75, 3.05) is 5.32 Å². The second-order valence-electron chi connectivity index (χ2n) is 5.25. The van der Waals surface area contributed by atoms with Gasteiger partial charge in [-0.1, -0.05) is 32.9 Å². The molecular formula is C15H22N4. The summed E-state index contributed by atoms with van der Waals surface area (Å²) in [6, 6.07) is 8.85. The van der Waals surface area contributed by atoms with E-state index in [0.29, 0.717) is 12.0 Å². The molecule has 4 heteroatoms. The number of anilines is 1. The predicted octanol–water partition coefficient (Wildman–Crippen LogP) is 3.33. The molecule has 102 valence electrons. The van der Waals surface area contributed by atoms with E-state index in [1.807, 2.05) is 11.6 Å². The third kappa shape index (κ3) is 3.13. The Morgan fingerprint density at radius 1 is 1.32 bits per heavy atom. The number of hydrogen-bond donors (Lipinski definition) is 1. The van der Waals surface area contributed by atoms with E-state index in [4.69, 9.17) is 0 Å². The Labute approximate surface area is 114 Å². The lowest BCUT2D eigenvalue weighted by molar-refractivity contribution is 0.511. The maximum Gasteiger partial charge on any atom is 0.163 e. The van der Waals surface area contributed by atoms with Gasteiger partial charge in [0, 0.05) is 24.3 Å². The number of benzene rings is 1. The Morgan fingerprint density at radius 2 is 2.11 bits per heavy atom. The molecule has 0 aliphatic heterocycles. The molecule has 0 spiro atoms. The Kier molecular flexibility index (Phi) is 4.20. The molecule has 0 saturated carbocycles. The van der Waals surface area contributed by atoms with Gasteiger partial charge in [-0.3, -0.25) is 0 Å². The normalized spacial score (nSPS) is 12.7. The van der Waals surface area contributed by atoms with Gasteiger partial charge in [0.15, 0.2) is 5.82 Å². The van der Waals surface area contributed by atoms with Crippen LogP contribution < -0.4 is 5.32 Å². The van der Waals surface area contributed by atoms with E-state index in [0.717, 1.165) is 23.5 Å². The van der Waals surface area contributed by atoms with Crippen LogP contribution in [0.25, 0.3) is 11.4 Å². The van der Waals surface area contributed by atoms with E-state index >= 15 is 0 Å². The van der Waals surface area contributed by atoms with Crippen LogP contribution in [0.5, 0.6) is 0 Å². The highest BCUT2D eigenvalue weighted by Crippen LogP contribution is 2.22. The average molecular weight is 258 g/mol. The summed E-state index contributed by atoms with van der Waals surface area (Å²) in [5.74, 6) is 1.50. The maximum atomic E-state index is 4.15. The number of nitrogens with one attached hydrogen (secondary N) is 1. The third-order valence-corrected chi connectivity index (χ3v) is 3.43. The van der Waals surface area contributed by atoms with E-state index in [1.165, 1.54) is 0 Å². The molecule has 1 N–H and O–H groups in total. The zero-order valence-electron chi connectivity index (χ0n) is 12.1. The number of aryl methyl sites for hydroxylation is 1. The van der Waals surface area contributed by atoms with Crippen LogP contribution in [0.2, 0.25) is 0 Å². The van der Waals surface area contributed by atoms with Crippen LogP contribution >= 0.6 is 0 Å². The van der Waals surface area contributed by atoms with Crippen LogP contribution in [0.4, 0.5) is 5.69 Å². The molecule has 0 bridgehead atoms. The second kappa shape index (κ2) is 5.87. The molecule has 2 rings (SSSR count). The summed E-state index contributed by atoms with van der Waals surface area (Å²) < 4.78 is 1.93. The molecule has 0 aliphatic rings. The van der Waals surface area contributed by atoms with Crippen molar-refractivity contribution in [2.24, 2.45) is 13.0 Å². The molecule has 2 aromatic rings. The van der Waals surface area contributed by atoms with Gasteiger partial charge >= 0.3 is 0 Å². The lowest BCUT2D eigenvalue weighted by atomic mass is 10.0. The smallest absolute Gasteiger partial charge is 0.163 e. The number of nitrogens with zero attached hydrogens (tertiary/aromatic N) is 3. The first-order valence-electron chi connectivity index (χ1n) is 6.82. The number of rotatable bonds is 5. The van der Waals surface area contributed by atoms with Crippen molar-refractivity contribution in [1.82, 2.24) is 14.8 Å². The molecule has 0 saturated heterocycles. The van der Waals surface area contributed by atoms with Gasteiger partial charge in [-0.2, -0.15) is 0 Å². The lowest BCUT2D eigenvalue weighted by Crippen LogP contribution is -2.24. The molecule has 1 unspecified atom stereocenters. The van der Waals surface area contributed by atoms with E-state index in [9.17, 15) is 0 Å². The van der Waals surface area contributed by atoms with Gasteiger partial charge in [0.05, 0.1) is 0 Å². The minimum absolute atomic E-state index is 0.495. The van der Waals surface area contributed by atoms with E-state index < -0.39 is 0 Å². The summed E-state index contributed by atoms with van der Waals surface area (Å²) in [7, 11) is 1.96. The summed E-state index contributed by atoms with van der Waals surface area (Å²) in [6.45, 7) is 6.70. The predicted molar refractivity (Wildman–Crippen MR) is 79.0 cm³/mol. The zero-order valence-corrected chi connectivity index (χ0v) is 12.1. The molecule has 0 fully saturated rings. The highest BCUT2D eigenvalue weighted by atomic mass is 15.2. The first-order valence-corrected chi connectivity index (χ1v) is 6.82. The van der Waals surface area contributed by atoms with Gasteiger partial charge in [0.1, 0.15) is 6.33 Å². The average Bonchev–Trinajstić information content (AvgIpc) is 2.82. The molecule has 4 nitrogen and oxygen atoms in total. The Balaban J connectivity index is 2.23. The molecule has 1 aromatic carbocycles. The van der Waals surface area contributed by atoms with Gasteiger partial charge in [0.25, 0.3) is 0 Å². The van der Waals surface area contributed by atoms with Gasteiger partial charge in [-0.15, -0.1) is 10.2 Å². The van der Waals surface area contributed by atoms with Gasteiger partial charge < -0.3 is 9.88 Å². The minimum atomic E-state index is 0.495. The van der Waals surface area contributed by atoms with Crippen LogP contribution in [0.1, 0.15) is 27.2 Å². The fourth-order valence-corrected chi connectivity index (χ4v) is 2.25. The topological polar surface area (TPSA) is 42.7 Å². The third-order valence-electron chi connectivity index (χ3n) is 3.43. The van der Waals surface area contributed by atoms with E-state index in [2.05, 4.69) is 60.6 Å². The highest BCUT2D eigenvalue weighted by molar-refractivity contribution is 5.62. The van der Waals surface area contributed by atoms with Crippen LogP contribution in [0.15, 0.2) is 30.6 Å². The molecular weight excluding hydrogens is 236 g/mol. The van der Waals surface area contributed by atoms with Crippen molar-refractivity contribution in [3.8, 4) is 11.4 Å². The van der Waals surface area contributed by atoms with E-state index in [-0.39, 0.29) is 0 Å². The molecule has 0 aliphatic carbocycles. The Morgan fingerprint density at radius 3 is 2.68 bits per heavy atom. The van der Waals surface area contributed by atoms with Crippen molar-refractivity contribution in [1.29, 1.82) is 0 Å². The van der Waals surface area contributed by atoms with Crippen molar-refractivity contribution in [2.45, 2.75) is 33.2 Å². The van der Waals surface area contributed by atoms with Crippen molar-refractivity contribution < 1.29 is 0 Å². The Bertz CT molecular complexity index is 530. The van der Waals surface area contributed by atoms with E-state index in [1.54, 1.807) is 6.33 Å². The quantitative estimate of drug-likeness (QED) is 0.894. The summed E-state index contributed by atoms with van der Waals surface area (Å²) >= 11 is 0. The standard InChI is InChI=1S/C15H22N4/c1-5-14(11(2)3)17-13-8-6-7-12(9-13)15-18-16-10-19(15)4/h6-11,14,17H,5H2,1-4H3. The van der Waals surface area contributed by atoms with Crippen LogP contribution in [-0.4, -0.2) is 20.8 Å². The summed E-state index contributed by atoms with van der Waals surface area (Å²) in [6.07, 6.45) is 2.84. The number of hydrogen-bond acceptors (Lipinski definition) is 3. The first-order chi connectivity index (χ1) is 9.11. The number of aromatic nitrogens is 3. The summed E-state index contributed by atoms with van der Waals surface area (Å²) in [5, 5.41) is 11.7. The summed E-state index contributed by atoms with van der Waals surface area (Å²) in [5.41, 5.74) is 2.23. The van der Waals surface area contributed by atoms with Gasteiger partial charge in [-0.05, 0) is 24.5 Å². The SMILES string of the molecule is CCC(Nc1cccc(-c2nncn2C)c1)C(C)C. The Hall–Kier alpha value is -1.84. The molecule has 19 heavy (non-hydrogen) atoms. The lowest BCUT2D eigenvalue weighted by Gasteiger charge is -2.22. The molecule has 0 radical (unpaired) electrons. The monoisotopic (exact) mass is 258 g/mol. The zero-order chi connectivity index (χ0) is 13.8. The summed E-state index contributed by atoms with van der Waals surface area (Å²) in [4.78, 5) is 0. The van der Waals surface area contributed by atoms with Crippen LogP contribution in [0.3, 0.4) is 0 Å². The fourth-order valence-electron chi connectivity index (χ4n) is 2.25. The molecule has 1 atom stereocenters. The van der Waals surface area contributed by atoms with Crippen molar-refractivity contribution >= 4 is 5.69 Å². The fraction of sp³-hybridized carbons (Fsp3) is 0.467. The van der Waals surface area contributed by atoms with Crippen LogP contribution in [0, 0.1) is 5.92 Å². The van der Waals surface area contributed by atoms with Gasteiger partial charge in [-0.25, -0.2) is 0 Å². The largest absolute Gasteiger partial charge is 0.382 e. The first kappa shape index (κ1) is 13.6. The minimum Gasteiger partial charge on any atom is -0.382 e. The van der Waals surface area contributed by atoms with Gasteiger partial charge in [0.2, 0.25) is 0 Å². The molecule has 1 aromatic heterocycles. The van der Waals surface area contributed by atoms with Crippen molar-refractivity contribution in [3.63, 3.8) is 0 Å². The van der Waals surface area contributed by atoms with Crippen LogP contribution in [-0.2, 0) is 7.05 Å². The second-order valence-corrected chi connectivity index (χ2v) is 5.25.